The quantitative estimate of drug-likeness (QED) is 0.760. The number of sulfone groups is 1. The molecule has 0 spiro atoms. The highest BCUT2D eigenvalue weighted by Crippen LogP contribution is 2.30. The number of aryl methyl sites for hydroxylation is 1. The Morgan fingerprint density at radius 2 is 1.88 bits per heavy atom. The van der Waals surface area contributed by atoms with E-state index in [0.29, 0.717) is 9.92 Å². The molecule has 2 aromatic carbocycles. The van der Waals surface area contributed by atoms with Crippen molar-refractivity contribution in [2.24, 2.45) is 5.92 Å². The molecule has 4 heteroatoms. The van der Waals surface area contributed by atoms with Crippen LogP contribution in [0.1, 0.15) is 36.5 Å². The third kappa shape index (κ3) is 3.84. The van der Waals surface area contributed by atoms with Crippen LogP contribution < -0.4 is 0 Å². The Bertz CT molecular complexity index is 810. The van der Waals surface area contributed by atoms with Crippen molar-refractivity contribution in [1.29, 1.82) is 0 Å². The Morgan fingerprint density at radius 3 is 2.58 bits per heavy atom. The summed E-state index contributed by atoms with van der Waals surface area (Å²) in [6.07, 6.45) is 5.05. The second-order valence-electron chi connectivity index (χ2n) is 6.65. The number of benzene rings is 2. The number of rotatable bonds is 5. The van der Waals surface area contributed by atoms with Gasteiger partial charge in [-0.05, 0) is 72.6 Å². The van der Waals surface area contributed by atoms with Crippen LogP contribution in [0, 0.1) is 5.92 Å². The molecule has 0 aliphatic heterocycles. The van der Waals surface area contributed by atoms with E-state index in [-0.39, 0.29) is 11.7 Å². The lowest BCUT2D eigenvalue weighted by Gasteiger charge is -2.26. The molecule has 0 saturated heterocycles. The molecular weight excluding hydrogens is 340 g/mol. The van der Waals surface area contributed by atoms with Gasteiger partial charge in [-0.15, -0.1) is 0 Å². The van der Waals surface area contributed by atoms with E-state index in [0.717, 1.165) is 32.1 Å². The van der Waals surface area contributed by atoms with Crippen LogP contribution in [0.25, 0.3) is 0 Å². The fraction of sp³-hybridized carbons (Fsp3) is 0.400. The van der Waals surface area contributed by atoms with E-state index in [9.17, 15) is 8.42 Å². The van der Waals surface area contributed by atoms with Crippen molar-refractivity contribution in [2.75, 3.05) is 5.75 Å². The molecule has 1 unspecified atom stereocenters. The average Bonchev–Trinajstić information content (AvgIpc) is 2.55. The zero-order valence-corrected chi connectivity index (χ0v) is 15.5. The van der Waals surface area contributed by atoms with Gasteiger partial charge in [0.15, 0.2) is 9.84 Å². The molecule has 0 bridgehead atoms. The van der Waals surface area contributed by atoms with E-state index < -0.39 is 9.84 Å². The van der Waals surface area contributed by atoms with Gasteiger partial charge < -0.3 is 0 Å². The monoisotopic (exact) mass is 362 g/mol. The zero-order valence-electron chi connectivity index (χ0n) is 14.0. The van der Waals surface area contributed by atoms with Gasteiger partial charge in [-0.25, -0.2) is 8.42 Å². The smallest absolute Gasteiger partial charge is 0.178 e. The third-order valence-corrected chi connectivity index (χ3v) is 6.98. The van der Waals surface area contributed by atoms with Crippen molar-refractivity contribution in [3.63, 3.8) is 0 Å². The minimum absolute atomic E-state index is 0.190. The summed E-state index contributed by atoms with van der Waals surface area (Å²) >= 11 is 5.86. The van der Waals surface area contributed by atoms with Crippen LogP contribution >= 0.6 is 11.6 Å². The topological polar surface area (TPSA) is 34.1 Å². The standard InChI is InChI=1S/C20H23ClO2S/c1-2-4-16-5-3-6-17-13-15(7-12-20(16)17)14-24(22,23)19-10-8-18(21)9-11-19/h3,5-6,8-11,15H,2,4,7,12-14H2,1H3. The van der Waals surface area contributed by atoms with Crippen molar-refractivity contribution in [3.8, 4) is 0 Å². The lowest BCUT2D eigenvalue weighted by Crippen LogP contribution is -2.23. The molecule has 0 fully saturated rings. The number of fused-ring (bicyclic) bond motifs is 1. The van der Waals surface area contributed by atoms with Gasteiger partial charge in [0, 0.05) is 5.02 Å². The number of hydrogen-bond donors (Lipinski definition) is 0. The van der Waals surface area contributed by atoms with E-state index in [1.165, 1.54) is 16.7 Å². The van der Waals surface area contributed by atoms with Gasteiger partial charge >= 0.3 is 0 Å². The van der Waals surface area contributed by atoms with Gasteiger partial charge in [0.25, 0.3) is 0 Å². The van der Waals surface area contributed by atoms with E-state index in [1.807, 2.05) is 0 Å². The van der Waals surface area contributed by atoms with E-state index in [2.05, 4.69) is 25.1 Å². The Morgan fingerprint density at radius 1 is 1.12 bits per heavy atom. The molecule has 2 nitrogen and oxygen atoms in total. The Balaban J connectivity index is 1.76. The highest BCUT2D eigenvalue weighted by Gasteiger charge is 2.26. The molecule has 24 heavy (non-hydrogen) atoms. The lowest BCUT2D eigenvalue weighted by molar-refractivity contribution is 0.489. The van der Waals surface area contributed by atoms with Crippen LogP contribution in [0.3, 0.4) is 0 Å². The van der Waals surface area contributed by atoms with Crippen molar-refractivity contribution in [1.82, 2.24) is 0 Å². The van der Waals surface area contributed by atoms with Crippen molar-refractivity contribution in [2.45, 2.75) is 43.9 Å². The van der Waals surface area contributed by atoms with Gasteiger partial charge in [0.2, 0.25) is 0 Å². The summed E-state index contributed by atoms with van der Waals surface area (Å²) in [5, 5.41) is 0.559. The maximum Gasteiger partial charge on any atom is 0.178 e. The molecule has 0 saturated carbocycles. The second kappa shape index (κ2) is 7.28. The second-order valence-corrected chi connectivity index (χ2v) is 9.12. The van der Waals surface area contributed by atoms with Crippen LogP contribution in [0.4, 0.5) is 0 Å². The normalized spacial score (nSPS) is 17.5. The largest absolute Gasteiger partial charge is 0.224 e. The number of hydrogen-bond acceptors (Lipinski definition) is 2. The Hall–Kier alpha value is -1.32. The zero-order chi connectivity index (χ0) is 17.2. The highest BCUT2D eigenvalue weighted by molar-refractivity contribution is 7.91. The maximum absolute atomic E-state index is 12.7. The summed E-state index contributed by atoms with van der Waals surface area (Å²) < 4.78 is 25.3. The maximum atomic E-state index is 12.7. The van der Waals surface area contributed by atoms with Gasteiger partial charge in [-0.1, -0.05) is 43.1 Å². The van der Waals surface area contributed by atoms with Crippen molar-refractivity contribution < 1.29 is 8.42 Å². The Labute approximate surface area is 149 Å². The molecule has 1 aliphatic rings. The SMILES string of the molecule is CCCc1cccc2c1CCC(CS(=O)(=O)c1ccc(Cl)cc1)C2. The van der Waals surface area contributed by atoms with Crippen LogP contribution in [-0.2, 0) is 29.1 Å². The van der Waals surface area contributed by atoms with Gasteiger partial charge in [0.05, 0.1) is 10.6 Å². The summed E-state index contributed by atoms with van der Waals surface area (Å²) in [4.78, 5) is 0.373. The Kier molecular flexibility index (Phi) is 5.31. The summed E-state index contributed by atoms with van der Waals surface area (Å²) in [6.45, 7) is 2.20. The van der Waals surface area contributed by atoms with Gasteiger partial charge in [-0.3, -0.25) is 0 Å². The highest BCUT2D eigenvalue weighted by atomic mass is 35.5. The minimum Gasteiger partial charge on any atom is -0.224 e. The molecule has 2 aromatic rings. The van der Waals surface area contributed by atoms with Crippen LogP contribution in [0.2, 0.25) is 5.02 Å². The predicted molar refractivity (Wildman–Crippen MR) is 99.5 cm³/mol. The molecule has 1 atom stereocenters. The molecule has 0 heterocycles. The first-order valence-corrected chi connectivity index (χ1v) is 10.6. The van der Waals surface area contributed by atoms with Crippen LogP contribution in [-0.4, -0.2) is 14.2 Å². The molecule has 0 radical (unpaired) electrons. The lowest BCUT2D eigenvalue weighted by atomic mass is 9.82. The summed E-state index contributed by atoms with van der Waals surface area (Å²) in [5.41, 5.74) is 4.23. The first-order chi connectivity index (χ1) is 11.5. The van der Waals surface area contributed by atoms with Crippen molar-refractivity contribution >= 4 is 21.4 Å². The van der Waals surface area contributed by atoms with Gasteiger partial charge in [-0.2, -0.15) is 0 Å². The van der Waals surface area contributed by atoms with Crippen LogP contribution in [0.5, 0.6) is 0 Å². The predicted octanol–water partition coefficient (Wildman–Crippen LogP) is 4.87. The van der Waals surface area contributed by atoms with Crippen LogP contribution in [0.15, 0.2) is 47.4 Å². The molecule has 0 aromatic heterocycles. The molecule has 0 amide bonds. The first kappa shape index (κ1) is 17.5. The first-order valence-electron chi connectivity index (χ1n) is 8.57. The fourth-order valence-corrected chi connectivity index (χ4v) is 5.43. The summed E-state index contributed by atoms with van der Waals surface area (Å²) in [7, 11) is -3.26. The molecular formula is C20H23ClO2S. The van der Waals surface area contributed by atoms with E-state index in [1.54, 1.807) is 24.3 Å². The number of halogens is 1. The summed E-state index contributed by atoms with van der Waals surface area (Å²) in [6, 6.07) is 13.0. The van der Waals surface area contributed by atoms with Gasteiger partial charge in [0.1, 0.15) is 0 Å². The summed E-state index contributed by atoms with van der Waals surface area (Å²) in [5.74, 6) is 0.404. The minimum atomic E-state index is -3.26. The fourth-order valence-electron chi connectivity index (χ4n) is 3.66. The average molecular weight is 363 g/mol. The van der Waals surface area contributed by atoms with E-state index >= 15 is 0 Å². The molecule has 128 valence electrons. The van der Waals surface area contributed by atoms with E-state index in [4.69, 9.17) is 11.6 Å². The molecule has 1 aliphatic carbocycles. The third-order valence-electron chi connectivity index (χ3n) is 4.83. The van der Waals surface area contributed by atoms with Crippen molar-refractivity contribution in [3.05, 3.63) is 64.2 Å². The molecule has 3 rings (SSSR count). The molecule has 0 N–H and O–H groups in total.